The minimum Gasteiger partial charge on any atom is -0.353 e. The van der Waals surface area contributed by atoms with Crippen LogP contribution < -0.4 is 16.6 Å². The van der Waals surface area contributed by atoms with Crippen molar-refractivity contribution in [3.63, 3.8) is 0 Å². The summed E-state index contributed by atoms with van der Waals surface area (Å²) in [6.07, 6.45) is 3.43. The Morgan fingerprint density at radius 3 is 2.60 bits per heavy atom. The van der Waals surface area contributed by atoms with Gasteiger partial charge in [-0.05, 0) is 38.8 Å². The average Bonchev–Trinajstić information content (AvgIpc) is 3.53. The summed E-state index contributed by atoms with van der Waals surface area (Å²) in [6, 6.07) is 9.45. The lowest BCUT2D eigenvalue weighted by Crippen LogP contribution is -2.36. The Hall–Kier alpha value is -3.49. The van der Waals surface area contributed by atoms with Gasteiger partial charge >= 0.3 is 5.69 Å². The molecule has 0 atom stereocenters. The van der Waals surface area contributed by atoms with Crippen molar-refractivity contribution in [1.29, 1.82) is 0 Å². The van der Waals surface area contributed by atoms with Crippen molar-refractivity contribution in [3.8, 4) is 5.69 Å². The number of aromatic nitrogens is 5. The van der Waals surface area contributed by atoms with Crippen LogP contribution in [0.15, 0.2) is 46.2 Å². The lowest BCUT2D eigenvalue weighted by atomic mass is 10.3. The summed E-state index contributed by atoms with van der Waals surface area (Å²) in [5.41, 5.74) is 1.52. The molecular weight excluding hydrogens is 384 g/mol. The van der Waals surface area contributed by atoms with E-state index >= 15 is 0 Å². The topological polar surface area (TPSA) is 104 Å². The minimum atomic E-state index is -0.319. The summed E-state index contributed by atoms with van der Waals surface area (Å²) in [5, 5.41) is 7.26. The maximum absolute atomic E-state index is 12.9. The highest BCUT2D eigenvalue weighted by Crippen LogP contribution is 2.39. The van der Waals surface area contributed by atoms with Crippen LogP contribution in [0.2, 0.25) is 0 Å². The molecule has 1 aliphatic rings. The molecule has 4 rings (SSSR count). The fourth-order valence-corrected chi connectivity index (χ4v) is 3.30. The Labute approximate surface area is 173 Å². The van der Waals surface area contributed by atoms with Crippen LogP contribution in [-0.4, -0.2) is 36.4 Å². The van der Waals surface area contributed by atoms with Crippen LogP contribution in [0.25, 0.3) is 5.69 Å². The van der Waals surface area contributed by atoms with Gasteiger partial charge in [0.15, 0.2) is 0 Å². The summed E-state index contributed by atoms with van der Waals surface area (Å²) in [6.45, 7) is 3.81. The quantitative estimate of drug-likeness (QED) is 0.626. The van der Waals surface area contributed by atoms with E-state index in [9.17, 15) is 14.4 Å². The number of nitrogens with one attached hydrogen (secondary N) is 1. The molecule has 0 radical (unpaired) electrons. The van der Waals surface area contributed by atoms with Gasteiger partial charge in [-0.1, -0.05) is 18.2 Å². The van der Waals surface area contributed by atoms with Crippen LogP contribution in [0, 0.1) is 13.8 Å². The normalized spacial score (nSPS) is 13.4. The van der Waals surface area contributed by atoms with E-state index in [0.717, 1.165) is 24.4 Å². The fraction of sp³-hybridized carbons (Fsp3) is 0.381. The van der Waals surface area contributed by atoms with E-state index in [1.807, 2.05) is 30.3 Å². The molecule has 156 valence electrons. The number of carbonyl (C=O) groups is 1. The lowest BCUT2D eigenvalue weighted by molar-refractivity contribution is -0.121. The van der Waals surface area contributed by atoms with Gasteiger partial charge in [-0.2, -0.15) is 5.10 Å². The third kappa shape index (κ3) is 3.96. The number of benzene rings is 1. The first-order valence-corrected chi connectivity index (χ1v) is 10.00. The summed E-state index contributed by atoms with van der Waals surface area (Å²) < 4.78 is 4.32. The van der Waals surface area contributed by atoms with E-state index in [0.29, 0.717) is 17.2 Å². The molecular formula is C21H24N6O3. The Bertz CT molecular complexity index is 1190. The first kappa shape index (κ1) is 19.8. The second-order valence-corrected chi connectivity index (χ2v) is 7.55. The Morgan fingerprint density at radius 1 is 1.17 bits per heavy atom. The van der Waals surface area contributed by atoms with Gasteiger partial charge < -0.3 is 5.32 Å². The van der Waals surface area contributed by atoms with Crippen LogP contribution in [0.5, 0.6) is 0 Å². The van der Waals surface area contributed by atoms with Crippen LogP contribution in [-0.2, 0) is 17.9 Å². The van der Waals surface area contributed by atoms with E-state index in [4.69, 9.17) is 0 Å². The van der Waals surface area contributed by atoms with Crippen LogP contribution >= 0.6 is 0 Å². The number of rotatable bonds is 7. The number of carbonyl (C=O) groups excluding carboxylic acids is 1. The molecule has 0 spiro atoms. The Morgan fingerprint density at radius 2 is 1.90 bits per heavy atom. The Kier molecular flexibility index (Phi) is 5.35. The second-order valence-electron chi connectivity index (χ2n) is 7.55. The molecule has 0 bridgehead atoms. The van der Waals surface area contributed by atoms with Crippen molar-refractivity contribution >= 4 is 5.91 Å². The van der Waals surface area contributed by atoms with E-state index in [-0.39, 0.29) is 36.8 Å². The smallest absolute Gasteiger partial charge is 0.350 e. The molecule has 2 heterocycles. The molecule has 1 aromatic carbocycles. The van der Waals surface area contributed by atoms with Gasteiger partial charge in [0.2, 0.25) is 5.91 Å². The van der Waals surface area contributed by atoms with Gasteiger partial charge in [0.25, 0.3) is 5.56 Å². The number of amides is 1. The maximum atomic E-state index is 12.9. The van der Waals surface area contributed by atoms with Crippen molar-refractivity contribution in [1.82, 2.24) is 29.2 Å². The molecule has 1 N–H and O–H groups in total. The van der Waals surface area contributed by atoms with E-state index in [2.05, 4.69) is 15.4 Å². The molecule has 1 saturated carbocycles. The number of hydrogen-bond donors (Lipinski definition) is 1. The molecule has 1 amide bonds. The zero-order chi connectivity index (χ0) is 21.3. The maximum Gasteiger partial charge on any atom is 0.350 e. The third-order valence-corrected chi connectivity index (χ3v) is 5.30. The number of para-hydroxylation sites is 1. The minimum absolute atomic E-state index is 0.117. The van der Waals surface area contributed by atoms with Crippen molar-refractivity contribution in [2.24, 2.45) is 0 Å². The fourth-order valence-electron chi connectivity index (χ4n) is 3.30. The Balaban J connectivity index is 1.43. The molecule has 0 unspecified atom stereocenters. The monoisotopic (exact) mass is 408 g/mol. The summed E-state index contributed by atoms with van der Waals surface area (Å²) in [7, 11) is 0. The van der Waals surface area contributed by atoms with Crippen LogP contribution in [0.3, 0.4) is 0 Å². The molecule has 0 aliphatic heterocycles. The summed E-state index contributed by atoms with van der Waals surface area (Å²) in [4.78, 5) is 41.5. The first-order chi connectivity index (χ1) is 14.5. The molecule has 1 aliphatic carbocycles. The molecule has 1 fully saturated rings. The van der Waals surface area contributed by atoms with Gasteiger partial charge in [-0.25, -0.2) is 19.0 Å². The van der Waals surface area contributed by atoms with Gasteiger partial charge in [0, 0.05) is 23.7 Å². The van der Waals surface area contributed by atoms with Crippen molar-refractivity contribution in [2.45, 2.75) is 45.7 Å². The van der Waals surface area contributed by atoms with Crippen LogP contribution in [0.4, 0.5) is 0 Å². The SMILES string of the molecule is Cc1ncn(CC(=O)NCCn2nc(C3CC3)n(-c3ccccc3)c2=O)c(=O)c1C. The number of hydrogen-bond acceptors (Lipinski definition) is 5. The third-order valence-electron chi connectivity index (χ3n) is 5.30. The molecule has 30 heavy (non-hydrogen) atoms. The van der Waals surface area contributed by atoms with Gasteiger partial charge in [-0.3, -0.25) is 14.2 Å². The lowest BCUT2D eigenvalue weighted by Gasteiger charge is -2.08. The van der Waals surface area contributed by atoms with Crippen molar-refractivity contribution in [2.75, 3.05) is 6.54 Å². The molecule has 9 heteroatoms. The predicted molar refractivity (Wildman–Crippen MR) is 111 cm³/mol. The predicted octanol–water partition coefficient (Wildman–Crippen LogP) is 0.901. The molecule has 2 aromatic heterocycles. The molecule has 9 nitrogen and oxygen atoms in total. The summed E-state index contributed by atoms with van der Waals surface area (Å²) in [5.74, 6) is 0.753. The van der Waals surface area contributed by atoms with Crippen molar-refractivity contribution < 1.29 is 4.79 Å². The van der Waals surface area contributed by atoms with E-state index < -0.39 is 0 Å². The highest BCUT2D eigenvalue weighted by Gasteiger charge is 2.31. The van der Waals surface area contributed by atoms with Crippen molar-refractivity contribution in [3.05, 3.63) is 74.6 Å². The van der Waals surface area contributed by atoms with Gasteiger partial charge in [0.05, 0.1) is 18.6 Å². The van der Waals surface area contributed by atoms with Gasteiger partial charge in [0.1, 0.15) is 12.4 Å². The molecule has 3 aromatic rings. The second kappa shape index (κ2) is 8.10. The molecule has 0 saturated heterocycles. The van der Waals surface area contributed by atoms with E-state index in [1.165, 1.54) is 15.6 Å². The first-order valence-electron chi connectivity index (χ1n) is 10.00. The van der Waals surface area contributed by atoms with Crippen LogP contribution in [0.1, 0.15) is 35.8 Å². The number of aryl methyl sites for hydroxylation is 1. The summed E-state index contributed by atoms with van der Waals surface area (Å²) >= 11 is 0. The number of nitrogens with zero attached hydrogens (tertiary/aromatic N) is 5. The largest absolute Gasteiger partial charge is 0.353 e. The van der Waals surface area contributed by atoms with Gasteiger partial charge in [-0.15, -0.1) is 0 Å². The van der Waals surface area contributed by atoms with E-state index in [1.54, 1.807) is 18.4 Å². The standard InChI is InChI=1S/C21H24N6O3/c1-14-15(2)23-13-25(20(14)29)12-18(28)22-10-11-26-21(30)27(17-6-4-3-5-7-17)19(24-26)16-8-9-16/h3-7,13,16H,8-12H2,1-2H3,(H,22,28). The highest BCUT2D eigenvalue weighted by molar-refractivity contribution is 5.75. The zero-order valence-corrected chi connectivity index (χ0v) is 17.0. The zero-order valence-electron chi connectivity index (χ0n) is 17.0. The average molecular weight is 408 g/mol. The highest BCUT2D eigenvalue weighted by atomic mass is 16.2.